The van der Waals surface area contributed by atoms with Gasteiger partial charge in [-0.1, -0.05) is 13.8 Å². The maximum atomic E-state index is 10.7. The minimum atomic E-state index is -0.745. The van der Waals surface area contributed by atoms with E-state index in [-0.39, 0.29) is 6.10 Å². The maximum Gasteiger partial charge on any atom is 0.0973 e. The van der Waals surface area contributed by atoms with Gasteiger partial charge in [-0.3, -0.25) is 4.68 Å². The lowest BCUT2D eigenvalue weighted by molar-refractivity contribution is -0.108. The molecule has 2 rings (SSSR count). The molecule has 0 spiro atoms. The second-order valence-electron chi connectivity index (χ2n) is 4.88. The number of nitrogens with zero attached hydrogens (tertiary/aromatic N) is 2. The van der Waals surface area contributed by atoms with E-state index in [1.165, 1.54) is 0 Å². The van der Waals surface area contributed by atoms with Gasteiger partial charge in [-0.15, -0.1) is 0 Å². The molecule has 96 valence electrons. The van der Waals surface area contributed by atoms with Crippen molar-refractivity contribution < 1.29 is 9.84 Å². The summed E-state index contributed by atoms with van der Waals surface area (Å²) in [5.74, 6) is 0. The van der Waals surface area contributed by atoms with Crippen LogP contribution < -0.4 is 0 Å². The quantitative estimate of drug-likeness (QED) is 0.873. The van der Waals surface area contributed by atoms with Gasteiger partial charge < -0.3 is 9.84 Å². The van der Waals surface area contributed by atoms with E-state index < -0.39 is 5.60 Å². The van der Waals surface area contributed by atoms with Crippen molar-refractivity contribution in [1.82, 2.24) is 9.78 Å². The summed E-state index contributed by atoms with van der Waals surface area (Å²) in [4.78, 5) is 0. The molecule has 1 aliphatic heterocycles. The summed E-state index contributed by atoms with van der Waals surface area (Å²) < 4.78 is 7.52. The predicted octanol–water partition coefficient (Wildman–Crippen LogP) is 2.07. The Bertz CT molecular complexity index is 364. The average molecular weight is 238 g/mol. The van der Waals surface area contributed by atoms with Crippen molar-refractivity contribution in [1.29, 1.82) is 0 Å². The minimum absolute atomic E-state index is 0.170. The molecule has 1 aromatic rings. The molecule has 2 unspecified atom stereocenters. The number of aryl methyl sites for hydroxylation is 1. The Balaban J connectivity index is 2.12. The van der Waals surface area contributed by atoms with Crippen molar-refractivity contribution in [2.24, 2.45) is 0 Å². The van der Waals surface area contributed by atoms with E-state index in [2.05, 4.69) is 18.9 Å². The van der Waals surface area contributed by atoms with E-state index in [0.29, 0.717) is 19.4 Å². The topological polar surface area (TPSA) is 47.3 Å². The Morgan fingerprint density at radius 3 is 3.12 bits per heavy atom. The van der Waals surface area contributed by atoms with Crippen LogP contribution in [-0.2, 0) is 16.9 Å². The lowest BCUT2D eigenvalue weighted by Gasteiger charge is -2.36. The van der Waals surface area contributed by atoms with Gasteiger partial charge >= 0.3 is 0 Å². The molecule has 2 atom stereocenters. The maximum absolute atomic E-state index is 10.7. The first kappa shape index (κ1) is 12.6. The zero-order chi connectivity index (χ0) is 12.3. The van der Waals surface area contributed by atoms with Gasteiger partial charge in [0.2, 0.25) is 0 Å². The van der Waals surface area contributed by atoms with Crippen molar-refractivity contribution in [3.63, 3.8) is 0 Å². The SMILES string of the molecule is CCCn1cc(C2(O)CCOC(CC)C2)cn1. The van der Waals surface area contributed by atoms with Crippen molar-refractivity contribution in [2.75, 3.05) is 6.61 Å². The fraction of sp³-hybridized carbons (Fsp3) is 0.769. The van der Waals surface area contributed by atoms with Crippen LogP contribution >= 0.6 is 0 Å². The Kier molecular flexibility index (Phi) is 3.84. The highest BCUT2D eigenvalue weighted by molar-refractivity contribution is 5.16. The highest BCUT2D eigenvalue weighted by Crippen LogP contribution is 2.35. The van der Waals surface area contributed by atoms with Gasteiger partial charge in [-0.25, -0.2) is 0 Å². The smallest absolute Gasteiger partial charge is 0.0973 e. The molecule has 2 heterocycles. The molecular formula is C13H22N2O2. The summed E-state index contributed by atoms with van der Waals surface area (Å²) in [6.45, 7) is 5.76. The molecule has 0 amide bonds. The molecule has 0 aliphatic carbocycles. The summed E-state index contributed by atoms with van der Waals surface area (Å²) >= 11 is 0. The normalized spacial score (nSPS) is 29.5. The Morgan fingerprint density at radius 1 is 1.59 bits per heavy atom. The van der Waals surface area contributed by atoms with Crippen molar-refractivity contribution in [3.8, 4) is 0 Å². The largest absolute Gasteiger partial charge is 0.385 e. The Morgan fingerprint density at radius 2 is 2.41 bits per heavy atom. The standard InChI is InChI=1S/C13H22N2O2/c1-3-6-15-10-11(9-14-15)13(16)5-7-17-12(4-2)8-13/h9-10,12,16H,3-8H2,1-2H3. The Hall–Kier alpha value is -0.870. The van der Waals surface area contributed by atoms with Crippen LogP contribution in [0.25, 0.3) is 0 Å². The highest BCUT2D eigenvalue weighted by Gasteiger charge is 2.36. The third-order valence-electron chi connectivity index (χ3n) is 3.51. The molecule has 0 saturated carbocycles. The van der Waals surface area contributed by atoms with E-state index in [1.807, 2.05) is 10.9 Å². The number of aromatic nitrogens is 2. The summed E-state index contributed by atoms with van der Waals surface area (Å²) in [6.07, 6.45) is 7.30. The molecule has 0 bridgehead atoms. The fourth-order valence-corrected chi connectivity index (χ4v) is 2.41. The van der Waals surface area contributed by atoms with Crippen LogP contribution in [0.3, 0.4) is 0 Å². The summed E-state index contributed by atoms with van der Waals surface area (Å²) in [6, 6.07) is 0. The first-order valence-electron chi connectivity index (χ1n) is 6.55. The van der Waals surface area contributed by atoms with Crippen LogP contribution in [0.15, 0.2) is 12.4 Å². The van der Waals surface area contributed by atoms with Gasteiger partial charge in [0.05, 0.1) is 24.5 Å². The molecule has 0 radical (unpaired) electrons. The van der Waals surface area contributed by atoms with E-state index in [4.69, 9.17) is 4.74 Å². The molecule has 1 aromatic heterocycles. The van der Waals surface area contributed by atoms with Crippen LogP contribution in [0, 0.1) is 0 Å². The second-order valence-corrected chi connectivity index (χ2v) is 4.88. The minimum Gasteiger partial charge on any atom is -0.385 e. The van der Waals surface area contributed by atoms with Crippen LogP contribution in [0.4, 0.5) is 0 Å². The molecular weight excluding hydrogens is 216 g/mol. The van der Waals surface area contributed by atoms with Crippen LogP contribution in [0.5, 0.6) is 0 Å². The second kappa shape index (κ2) is 5.19. The van der Waals surface area contributed by atoms with Crippen molar-refractivity contribution in [2.45, 2.75) is 57.8 Å². The predicted molar refractivity (Wildman–Crippen MR) is 65.7 cm³/mol. The average Bonchev–Trinajstić information content (AvgIpc) is 2.79. The van der Waals surface area contributed by atoms with E-state index >= 15 is 0 Å². The molecule has 17 heavy (non-hydrogen) atoms. The van der Waals surface area contributed by atoms with E-state index in [9.17, 15) is 5.11 Å². The molecule has 1 N–H and O–H groups in total. The molecule has 4 heteroatoms. The lowest BCUT2D eigenvalue weighted by atomic mass is 9.85. The first-order chi connectivity index (χ1) is 8.18. The van der Waals surface area contributed by atoms with Crippen LogP contribution in [0.2, 0.25) is 0 Å². The zero-order valence-corrected chi connectivity index (χ0v) is 10.7. The Labute approximate surface area is 103 Å². The van der Waals surface area contributed by atoms with Crippen LogP contribution in [0.1, 0.15) is 45.1 Å². The number of ether oxygens (including phenoxy) is 1. The van der Waals surface area contributed by atoms with Crippen molar-refractivity contribution >= 4 is 0 Å². The monoisotopic (exact) mass is 238 g/mol. The zero-order valence-electron chi connectivity index (χ0n) is 10.7. The number of hydrogen-bond acceptors (Lipinski definition) is 3. The lowest BCUT2D eigenvalue weighted by Crippen LogP contribution is -2.38. The third kappa shape index (κ3) is 2.69. The summed E-state index contributed by atoms with van der Waals surface area (Å²) in [5.41, 5.74) is 0.193. The van der Waals surface area contributed by atoms with Gasteiger partial charge in [0.25, 0.3) is 0 Å². The summed E-state index contributed by atoms with van der Waals surface area (Å²) in [7, 11) is 0. The molecule has 1 saturated heterocycles. The number of aliphatic hydroxyl groups is 1. The van der Waals surface area contributed by atoms with Crippen molar-refractivity contribution in [3.05, 3.63) is 18.0 Å². The first-order valence-corrected chi connectivity index (χ1v) is 6.55. The van der Waals surface area contributed by atoms with E-state index in [1.54, 1.807) is 6.20 Å². The summed E-state index contributed by atoms with van der Waals surface area (Å²) in [5, 5.41) is 15.0. The highest BCUT2D eigenvalue weighted by atomic mass is 16.5. The van der Waals surface area contributed by atoms with Gasteiger partial charge in [0.1, 0.15) is 0 Å². The fourth-order valence-electron chi connectivity index (χ4n) is 2.41. The van der Waals surface area contributed by atoms with Gasteiger partial charge in [-0.05, 0) is 12.8 Å². The molecule has 0 aromatic carbocycles. The van der Waals surface area contributed by atoms with Gasteiger partial charge in [0.15, 0.2) is 0 Å². The number of rotatable bonds is 4. The van der Waals surface area contributed by atoms with E-state index in [0.717, 1.165) is 24.9 Å². The van der Waals surface area contributed by atoms with Crippen LogP contribution in [-0.4, -0.2) is 27.6 Å². The molecule has 4 nitrogen and oxygen atoms in total. The molecule has 1 fully saturated rings. The number of hydrogen-bond donors (Lipinski definition) is 1. The third-order valence-corrected chi connectivity index (χ3v) is 3.51. The van der Waals surface area contributed by atoms with Gasteiger partial charge in [-0.2, -0.15) is 5.10 Å². The van der Waals surface area contributed by atoms with Gasteiger partial charge in [0, 0.05) is 31.1 Å². The molecule has 1 aliphatic rings.